The van der Waals surface area contributed by atoms with Gasteiger partial charge in [0.2, 0.25) is 5.91 Å². The van der Waals surface area contributed by atoms with Gasteiger partial charge in [-0.25, -0.2) is 0 Å². The summed E-state index contributed by atoms with van der Waals surface area (Å²) < 4.78 is 5.48. The van der Waals surface area contributed by atoms with E-state index in [0.717, 1.165) is 19.3 Å². The molecule has 0 saturated heterocycles. The molecule has 3 N–H and O–H groups in total. The number of carbonyl (C=O) groups excluding carboxylic acids is 2. The average molecular weight is 334 g/mol. The molecule has 1 aliphatic carbocycles. The maximum atomic E-state index is 11.8. The van der Waals surface area contributed by atoms with Gasteiger partial charge in [0.05, 0.1) is 0 Å². The lowest BCUT2D eigenvalue weighted by molar-refractivity contribution is -0.123. The highest BCUT2D eigenvalue weighted by Crippen LogP contribution is 2.30. The second-order valence-corrected chi connectivity index (χ2v) is 6.17. The fraction of sp³-hybridized carbons (Fsp3) is 0.556. The number of aliphatic hydroxyl groups is 1. The first-order valence-corrected chi connectivity index (χ1v) is 8.53. The Balaban J connectivity index is 1.74. The minimum absolute atomic E-state index is 0.0411. The molecule has 0 aliphatic heterocycles. The maximum Gasteiger partial charge on any atom is 0.257 e. The van der Waals surface area contributed by atoms with Gasteiger partial charge in [0.1, 0.15) is 5.75 Å². The molecule has 24 heavy (non-hydrogen) atoms. The summed E-state index contributed by atoms with van der Waals surface area (Å²) in [5, 5.41) is 14.6. The van der Waals surface area contributed by atoms with Crippen LogP contribution in [0.5, 0.6) is 5.75 Å². The molecule has 1 saturated carbocycles. The van der Waals surface area contributed by atoms with Crippen molar-refractivity contribution in [2.24, 2.45) is 11.8 Å². The Bertz CT molecular complexity index is 558. The highest BCUT2D eigenvalue weighted by Gasteiger charge is 2.29. The van der Waals surface area contributed by atoms with Crippen LogP contribution in [0.25, 0.3) is 0 Å². The fourth-order valence-electron chi connectivity index (χ4n) is 2.34. The van der Waals surface area contributed by atoms with E-state index in [4.69, 9.17) is 9.84 Å². The van der Waals surface area contributed by atoms with Gasteiger partial charge in [0, 0.05) is 30.8 Å². The van der Waals surface area contributed by atoms with E-state index in [1.807, 2.05) is 6.92 Å². The van der Waals surface area contributed by atoms with Crippen molar-refractivity contribution in [2.75, 3.05) is 25.1 Å². The molecular weight excluding hydrogens is 308 g/mol. The topological polar surface area (TPSA) is 87.7 Å². The normalized spacial score (nSPS) is 14.8. The second kappa shape index (κ2) is 9.27. The molecule has 1 unspecified atom stereocenters. The van der Waals surface area contributed by atoms with Crippen molar-refractivity contribution in [3.8, 4) is 5.75 Å². The number of benzene rings is 1. The molecule has 1 atom stereocenters. The van der Waals surface area contributed by atoms with Crippen molar-refractivity contribution in [1.82, 2.24) is 5.32 Å². The van der Waals surface area contributed by atoms with Gasteiger partial charge in [-0.15, -0.1) is 0 Å². The van der Waals surface area contributed by atoms with Crippen molar-refractivity contribution >= 4 is 17.5 Å². The van der Waals surface area contributed by atoms with Crippen molar-refractivity contribution in [3.63, 3.8) is 0 Å². The molecule has 1 aromatic rings. The Kier molecular flexibility index (Phi) is 7.06. The van der Waals surface area contributed by atoms with E-state index in [1.54, 1.807) is 24.3 Å². The summed E-state index contributed by atoms with van der Waals surface area (Å²) >= 11 is 0. The molecule has 6 nitrogen and oxygen atoms in total. The second-order valence-electron chi connectivity index (χ2n) is 6.17. The van der Waals surface area contributed by atoms with Crippen molar-refractivity contribution in [2.45, 2.75) is 32.6 Å². The van der Waals surface area contributed by atoms with Crippen LogP contribution in [0.3, 0.4) is 0 Å². The number of ether oxygens (including phenoxy) is 1. The van der Waals surface area contributed by atoms with E-state index in [0.29, 0.717) is 24.4 Å². The molecule has 2 rings (SSSR count). The molecule has 0 aromatic heterocycles. The minimum Gasteiger partial charge on any atom is -0.484 e. The summed E-state index contributed by atoms with van der Waals surface area (Å²) in [6.07, 6.45) is 3.50. The number of anilines is 1. The van der Waals surface area contributed by atoms with E-state index in [-0.39, 0.29) is 36.9 Å². The Morgan fingerprint density at radius 2 is 2.17 bits per heavy atom. The summed E-state index contributed by atoms with van der Waals surface area (Å²) in [5.74, 6) is 0.810. The smallest absolute Gasteiger partial charge is 0.257 e. The van der Waals surface area contributed by atoms with Gasteiger partial charge in [-0.1, -0.05) is 19.4 Å². The van der Waals surface area contributed by atoms with Crippen LogP contribution < -0.4 is 15.4 Å². The lowest BCUT2D eigenvalue weighted by Gasteiger charge is -2.14. The Hall–Kier alpha value is -2.08. The van der Waals surface area contributed by atoms with Gasteiger partial charge >= 0.3 is 0 Å². The number of carbonyl (C=O) groups is 2. The van der Waals surface area contributed by atoms with E-state index in [1.165, 1.54) is 0 Å². The van der Waals surface area contributed by atoms with E-state index >= 15 is 0 Å². The third-order valence-corrected chi connectivity index (χ3v) is 4.12. The Labute approximate surface area is 142 Å². The van der Waals surface area contributed by atoms with E-state index in [2.05, 4.69) is 10.6 Å². The minimum atomic E-state index is -0.196. The largest absolute Gasteiger partial charge is 0.484 e. The summed E-state index contributed by atoms with van der Waals surface area (Å²) in [4.78, 5) is 23.6. The number of amides is 2. The highest BCUT2D eigenvalue weighted by atomic mass is 16.5. The third kappa shape index (κ3) is 6.20. The number of hydrogen-bond donors (Lipinski definition) is 3. The van der Waals surface area contributed by atoms with Crippen LogP contribution >= 0.6 is 0 Å². The molecule has 1 fully saturated rings. The van der Waals surface area contributed by atoms with Gasteiger partial charge in [-0.3, -0.25) is 9.59 Å². The molecule has 0 radical (unpaired) electrons. The molecule has 1 aromatic carbocycles. The molecule has 0 bridgehead atoms. The van der Waals surface area contributed by atoms with Crippen molar-refractivity contribution in [3.05, 3.63) is 24.3 Å². The van der Waals surface area contributed by atoms with Crippen molar-refractivity contribution in [1.29, 1.82) is 0 Å². The zero-order valence-corrected chi connectivity index (χ0v) is 14.1. The van der Waals surface area contributed by atoms with Gasteiger partial charge < -0.3 is 20.5 Å². The zero-order chi connectivity index (χ0) is 17.4. The number of rotatable bonds is 10. The van der Waals surface area contributed by atoms with E-state index in [9.17, 15) is 9.59 Å². The van der Waals surface area contributed by atoms with Gasteiger partial charge in [-0.2, -0.15) is 0 Å². The van der Waals surface area contributed by atoms with Gasteiger partial charge in [0.15, 0.2) is 6.61 Å². The summed E-state index contributed by atoms with van der Waals surface area (Å²) in [5.41, 5.74) is 0.679. The maximum absolute atomic E-state index is 11.8. The summed E-state index contributed by atoms with van der Waals surface area (Å²) in [7, 11) is 0. The SMILES string of the molecule is CCC(CCO)CNC(=O)COc1cccc(NC(=O)C2CC2)c1. The predicted octanol–water partition coefficient (Wildman–Crippen LogP) is 1.94. The first-order chi connectivity index (χ1) is 11.6. The van der Waals surface area contributed by atoms with Crippen LogP contribution in [0, 0.1) is 11.8 Å². The summed E-state index contributed by atoms with van der Waals surface area (Å²) in [6, 6.07) is 7.05. The number of aliphatic hydroxyl groups excluding tert-OH is 1. The van der Waals surface area contributed by atoms with Crippen LogP contribution in [0.2, 0.25) is 0 Å². The van der Waals surface area contributed by atoms with Crippen LogP contribution in [0.4, 0.5) is 5.69 Å². The predicted molar refractivity (Wildman–Crippen MR) is 91.8 cm³/mol. The van der Waals surface area contributed by atoms with Gasteiger partial charge in [-0.05, 0) is 37.3 Å². The lowest BCUT2D eigenvalue weighted by atomic mass is 10.0. The highest BCUT2D eigenvalue weighted by molar-refractivity contribution is 5.94. The first-order valence-electron chi connectivity index (χ1n) is 8.53. The van der Waals surface area contributed by atoms with E-state index < -0.39 is 0 Å². The van der Waals surface area contributed by atoms with Crippen LogP contribution in [0.15, 0.2) is 24.3 Å². The average Bonchev–Trinajstić information content (AvgIpc) is 3.42. The lowest BCUT2D eigenvalue weighted by Crippen LogP contribution is -2.33. The summed E-state index contributed by atoms with van der Waals surface area (Å²) in [6.45, 7) is 2.63. The quantitative estimate of drug-likeness (QED) is 0.610. The van der Waals surface area contributed by atoms with Crippen molar-refractivity contribution < 1.29 is 19.4 Å². The monoisotopic (exact) mass is 334 g/mol. The van der Waals surface area contributed by atoms with Crippen LogP contribution in [0.1, 0.15) is 32.6 Å². The first kappa shape index (κ1) is 18.3. The molecule has 6 heteroatoms. The van der Waals surface area contributed by atoms with Crippen LogP contribution in [-0.2, 0) is 9.59 Å². The third-order valence-electron chi connectivity index (χ3n) is 4.12. The fourth-order valence-corrected chi connectivity index (χ4v) is 2.34. The molecule has 132 valence electrons. The Morgan fingerprint density at radius 1 is 1.38 bits per heavy atom. The standard InChI is InChI=1S/C18H26N2O4/c1-2-13(8-9-21)11-19-17(22)12-24-16-5-3-4-15(10-16)20-18(23)14-6-7-14/h3-5,10,13-14,21H,2,6-9,11-12H2,1H3,(H,19,22)(H,20,23). The van der Waals surface area contributed by atoms with Gasteiger partial charge in [0.25, 0.3) is 5.91 Å². The Morgan fingerprint density at radius 3 is 2.83 bits per heavy atom. The molecule has 2 amide bonds. The number of nitrogens with one attached hydrogen (secondary N) is 2. The number of hydrogen-bond acceptors (Lipinski definition) is 4. The molecule has 0 heterocycles. The molecule has 0 spiro atoms. The molecular formula is C18H26N2O4. The molecule has 1 aliphatic rings. The van der Waals surface area contributed by atoms with Crippen LogP contribution in [-0.4, -0.2) is 36.7 Å². The zero-order valence-electron chi connectivity index (χ0n) is 14.1.